The maximum absolute atomic E-state index is 11.8. The van der Waals surface area contributed by atoms with E-state index in [1.807, 2.05) is 0 Å². The molecule has 25 heavy (non-hydrogen) atoms. The van der Waals surface area contributed by atoms with Crippen molar-refractivity contribution in [1.82, 2.24) is 0 Å². The molecule has 1 aliphatic rings. The fraction of sp³-hybridized carbons (Fsp3) is 0.783. The predicted molar refractivity (Wildman–Crippen MR) is 107 cm³/mol. The second-order valence-corrected chi connectivity index (χ2v) is 11.2. The van der Waals surface area contributed by atoms with Crippen molar-refractivity contribution in [3.63, 3.8) is 0 Å². The summed E-state index contributed by atoms with van der Waals surface area (Å²) < 4.78 is 0. The molecule has 144 valence electrons. The maximum atomic E-state index is 11.8. The first-order chi connectivity index (χ1) is 11.0. The van der Waals surface area contributed by atoms with Gasteiger partial charge in [0.2, 0.25) is 0 Å². The zero-order valence-corrected chi connectivity index (χ0v) is 17.9. The molecule has 1 saturated carbocycles. The fourth-order valence-electron chi connectivity index (χ4n) is 5.39. The Labute approximate surface area is 155 Å². The van der Waals surface area contributed by atoms with Crippen LogP contribution in [-0.2, 0) is 4.79 Å². The lowest BCUT2D eigenvalue weighted by atomic mass is 9.46. The van der Waals surface area contributed by atoms with Crippen LogP contribution in [-0.4, -0.2) is 11.1 Å². The zero-order chi connectivity index (χ0) is 20.0. The number of aliphatic carboxylic acids is 1. The highest BCUT2D eigenvalue weighted by Crippen LogP contribution is 2.60. The summed E-state index contributed by atoms with van der Waals surface area (Å²) in [6.45, 7) is 28.7. The molecule has 2 heteroatoms. The highest BCUT2D eigenvalue weighted by Gasteiger charge is 2.54. The molecule has 0 bridgehead atoms. The minimum atomic E-state index is -0.857. The Morgan fingerprint density at radius 1 is 0.920 bits per heavy atom. The Morgan fingerprint density at radius 2 is 1.36 bits per heavy atom. The van der Waals surface area contributed by atoms with Crippen molar-refractivity contribution in [2.24, 2.45) is 45.8 Å². The Morgan fingerprint density at radius 3 is 1.64 bits per heavy atom. The molecule has 0 saturated heterocycles. The van der Waals surface area contributed by atoms with Crippen molar-refractivity contribution in [2.75, 3.05) is 0 Å². The van der Waals surface area contributed by atoms with Crippen LogP contribution in [0.15, 0.2) is 24.8 Å². The fourth-order valence-corrected chi connectivity index (χ4v) is 5.39. The number of hydrogen-bond donors (Lipinski definition) is 1. The summed E-state index contributed by atoms with van der Waals surface area (Å²) in [4.78, 5) is 11.8. The van der Waals surface area contributed by atoms with Crippen molar-refractivity contribution in [3.8, 4) is 0 Å². The Kier molecular flexibility index (Phi) is 6.09. The van der Waals surface area contributed by atoms with E-state index in [-0.39, 0.29) is 34.0 Å². The van der Waals surface area contributed by atoms with Gasteiger partial charge in [-0.25, -0.2) is 4.79 Å². The molecule has 1 N–H and O–H groups in total. The van der Waals surface area contributed by atoms with Crippen LogP contribution in [0.5, 0.6) is 0 Å². The molecule has 1 aliphatic carbocycles. The number of carboxylic acids is 1. The summed E-state index contributed by atoms with van der Waals surface area (Å²) in [5.74, 6) is 0.532. The maximum Gasteiger partial charge on any atom is 0.331 e. The van der Waals surface area contributed by atoms with Crippen LogP contribution < -0.4 is 0 Å². The van der Waals surface area contributed by atoms with Crippen molar-refractivity contribution < 1.29 is 9.90 Å². The Hall–Kier alpha value is -1.05. The van der Waals surface area contributed by atoms with Gasteiger partial charge in [-0.2, -0.15) is 0 Å². The molecule has 5 unspecified atom stereocenters. The minimum absolute atomic E-state index is 0.00569. The molecule has 0 aliphatic heterocycles. The number of allylic oxidation sites excluding steroid dienone is 1. The van der Waals surface area contributed by atoms with Gasteiger partial charge < -0.3 is 5.11 Å². The van der Waals surface area contributed by atoms with E-state index in [9.17, 15) is 9.90 Å². The van der Waals surface area contributed by atoms with Gasteiger partial charge in [-0.05, 0) is 52.3 Å². The van der Waals surface area contributed by atoms with E-state index in [1.54, 1.807) is 0 Å². The van der Waals surface area contributed by atoms with Crippen LogP contribution in [0.3, 0.4) is 0 Å². The van der Waals surface area contributed by atoms with Gasteiger partial charge in [0.15, 0.2) is 0 Å². The van der Waals surface area contributed by atoms with Gasteiger partial charge in [-0.1, -0.05) is 75.0 Å². The highest BCUT2D eigenvalue weighted by atomic mass is 16.4. The first kappa shape index (κ1) is 22.0. The Bertz CT molecular complexity index is 522. The third-order valence-corrected chi connectivity index (χ3v) is 6.31. The molecule has 0 aromatic heterocycles. The van der Waals surface area contributed by atoms with Crippen molar-refractivity contribution in [2.45, 2.75) is 68.7 Å². The van der Waals surface area contributed by atoms with Crippen LogP contribution in [0.1, 0.15) is 68.7 Å². The van der Waals surface area contributed by atoms with E-state index in [4.69, 9.17) is 0 Å². The van der Waals surface area contributed by atoms with Crippen LogP contribution in [0.4, 0.5) is 0 Å². The summed E-state index contributed by atoms with van der Waals surface area (Å²) >= 11 is 0. The largest absolute Gasteiger partial charge is 0.478 e. The number of hydrogen-bond acceptors (Lipinski definition) is 1. The molecule has 0 spiro atoms. The minimum Gasteiger partial charge on any atom is -0.478 e. The molecular formula is C23H40O2. The summed E-state index contributed by atoms with van der Waals surface area (Å²) in [5, 5.41) is 9.67. The van der Waals surface area contributed by atoms with Gasteiger partial charge in [-0.15, -0.1) is 6.58 Å². The van der Waals surface area contributed by atoms with Crippen LogP contribution in [0, 0.1) is 45.8 Å². The third kappa shape index (κ3) is 4.57. The molecule has 1 rings (SSSR count). The van der Waals surface area contributed by atoms with Gasteiger partial charge in [0, 0.05) is 5.57 Å². The summed E-state index contributed by atoms with van der Waals surface area (Å²) in [5.41, 5.74) is 0.608. The van der Waals surface area contributed by atoms with E-state index in [0.29, 0.717) is 17.4 Å². The molecule has 0 aromatic carbocycles. The second kappa shape index (κ2) is 6.93. The molecule has 1 fully saturated rings. The van der Waals surface area contributed by atoms with Gasteiger partial charge >= 0.3 is 5.97 Å². The lowest BCUT2D eigenvalue weighted by Gasteiger charge is -2.58. The van der Waals surface area contributed by atoms with Crippen LogP contribution >= 0.6 is 0 Å². The number of carboxylic acid groups (broad SMARTS) is 1. The standard InChI is InChI=1S/C23H40O2/c1-12-15-18(22(6,7)8)16(14(2)20(24)25)13-17(21(3,4)5)19(15)23(9,10)11/h12,15-19H,1-2,13H2,3-11H3,(H,24,25). The lowest BCUT2D eigenvalue weighted by Crippen LogP contribution is -2.52. The smallest absolute Gasteiger partial charge is 0.331 e. The number of carbonyl (C=O) groups is 1. The summed E-state index contributed by atoms with van der Waals surface area (Å²) in [6, 6.07) is 0. The number of rotatable bonds is 3. The predicted octanol–water partition coefficient (Wildman–Crippen LogP) is 6.44. The van der Waals surface area contributed by atoms with E-state index >= 15 is 0 Å². The van der Waals surface area contributed by atoms with E-state index in [1.165, 1.54) is 0 Å². The van der Waals surface area contributed by atoms with Gasteiger partial charge in [0.1, 0.15) is 0 Å². The van der Waals surface area contributed by atoms with Gasteiger partial charge in [0.25, 0.3) is 0 Å². The highest BCUT2D eigenvalue weighted by molar-refractivity contribution is 5.86. The molecule has 2 nitrogen and oxygen atoms in total. The van der Waals surface area contributed by atoms with E-state index in [0.717, 1.165) is 6.42 Å². The van der Waals surface area contributed by atoms with Gasteiger partial charge in [-0.3, -0.25) is 0 Å². The topological polar surface area (TPSA) is 37.3 Å². The molecule has 0 amide bonds. The van der Waals surface area contributed by atoms with Crippen LogP contribution in [0.2, 0.25) is 0 Å². The Balaban J connectivity index is 3.61. The lowest BCUT2D eigenvalue weighted by molar-refractivity contribution is -0.135. The zero-order valence-electron chi connectivity index (χ0n) is 17.9. The molecule has 0 heterocycles. The second-order valence-electron chi connectivity index (χ2n) is 11.2. The SMILES string of the molecule is C=CC1C(C(C)(C)C)C(C(=C)C(=O)O)CC(C(C)(C)C)C1C(C)(C)C. The first-order valence-electron chi connectivity index (χ1n) is 9.58. The molecule has 5 atom stereocenters. The average Bonchev–Trinajstić information content (AvgIpc) is 2.40. The normalized spacial score (nSPS) is 31.5. The van der Waals surface area contributed by atoms with E-state index < -0.39 is 5.97 Å². The average molecular weight is 349 g/mol. The molecular weight excluding hydrogens is 308 g/mol. The molecule has 0 radical (unpaired) electrons. The van der Waals surface area contributed by atoms with Crippen LogP contribution in [0.25, 0.3) is 0 Å². The summed E-state index contributed by atoms with van der Waals surface area (Å²) in [6.07, 6.45) is 2.99. The third-order valence-electron chi connectivity index (χ3n) is 6.31. The first-order valence-corrected chi connectivity index (χ1v) is 9.58. The summed E-state index contributed by atoms with van der Waals surface area (Å²) in [7, 11) is 0. The quantitative estimate of drug-likeness (QED) is 0.471. The van der Waals surface area contributed by atoms with Gasteiger partial charge in [0.05, 0.1) is 0 Å². The molecule has 0 aromatic rings. The monoisotopic (exact) mass is 348 g/mol. The van der Waals surface area contributed by atoms with Crippen molar-refractivity contribution in [1.29, 1.82) is 0 Å². The van der Waals surface area contributed by atoms with Crippen molar-refractivity contribution in [3.05, 3.63) is 24.8 Å². The van der Waals surface area contributed by atoms with E-state index in [2.05, 4.69) is 81.5 Å². The van der Waals surface area contributed by atoms with Crippen molar-refractivity contribution >= 4 is 5.97 Å².